The largest absolute Gasteiger partial charge is 0.394 e. The lowest BCUT2D eigenvalue weighted by Crippen LogP contribution is -2.25. The highest BCUT2D eigenvalue weighted by atomic mass is 16.5. The van der Waals surface area contributed by atoms with Gasteiger partial charge in [0.05, 0.1) is 12.7 Å². The Morgan fingerprint density at radius 1 is 1.57 bits per heavy atom. The number of aliphatic hydroxyl groups is 2. The Bertz CT molecular complexity index is 697. The van der Waals surface area contributed by atoms with Crippen molar-refractivity contribution in [3.05, 3.63) is 16.8 Å². The number of aromatic amines is 1. The van der Waals surface area contributed by atoms with Crippen LogP contribution in [0, 0.1) is 0 Å². The molecular weight excluding hydrogens is 278 g/mol. The first-order valence-electron chi connectivity index (χ1n) is 6.79. The van der Waals surface area contributed by atoms with Gasteiger partial charge in [0.2, 0.25) is 0 Å². The van der Waals surface area contributed by atoms with Crippen LogP contribution in [-0.4, -0.2) is 55.1 Å². The summed E-state index contributed by atoms with van der Waals surface area (Å²) in [5.41, 5.74) is 0.511. The van der Waals surface area contributed by atoms with E-state index in [2.05, 4.69) is 20.3 Å². The Labute approximate surface area is 119 Å². The third-order valence-electron chi connectivity index (χ3n) is 3.52. The molecule has 0 radical (unpaired) electrons. The smallest absolute Gasteiger partial charge is 0.329 e. The molecule has 0 bridgehead atoms. The summed E-state index contributed by atoms with van der Waals surface area (Å²) >= 11 is 0. The summed E-state index contributed by atoms with van der Waals surface area (Å²) in [6.45, 7) is 2.28. The van der Waals surface area contributed by atoms with Crippen molar-refractivity contribution in [2.24, 2.45) is 0 Å². The second-order valence-electron chi connectivity index (χ2n) is 4.87. The van der Waals surface area contributed by atoms with Gasteiger partial charge in [0.1, 0.15) is 24.2 Å². The Morgan fingerprint density at radius 3 is 3.05 bits per heavy atom. The van der Waals surface area contributed by atoms with Gasteiger partial charge in [-0.25, -0.2) is 19.3 Å². The van der Waals surface area contributed by atoms with Gasteiger partial charge in [-0.3, -0.25) is 0 Å². The fraction of sp³-hybridized carbons (Fsp3) is 0.583. The Balaban J connectivity index is 2.06. The summed E-state index contributed by atoms with van der Waals surface area (Å²) in [7, 11) is 0. The first kappa shape index (κ1) is 14.0. The van der Waals surface area contributed by atoms with Gasteiger partial charge in [-0.2, -0.15) is 0 Å². The molecule has 3 rings (SSSR count). The van der Waals surface area contributed by atoms with Crippen LogP contribution >= 0.6 is 0 Å². The average Bonchev–Trinajstić information content (AvgIpc) is 2.99. The topological polar surface area (TPSA) is 125 Å². The van der Waals surface area contributed by atoms with Crippen LogP contribution in [0.25, 0.3) is 11.2 Å². The molecule has 114 valence electrons. The standard InChI is InChI=1S/C12H17N5O4/c1-2-13-10-9-11(15-5-14-10)17(12(20)16-9)8-3-6(19)7(4-18)21-8/h5-8,18-19H,2-4H2,1H3,(H,16,20)(H,13,14,15)/t6?,7-,8-/m1/s1. The Morgan fingerprint density at radius 2 is 2.38 bits per heavy atom. The maximum Gasteiger partial charge on any atom is 0.329 e. The third kappa shape index (κ3) is 2.28. The highest BCUT2D eigenvalue weighted by molar-refractivity contribution is 5.82. The number of rotatable bonds is 4. The number of fused-ring (bicyclic) bond motifs is 1. The summed E-state index contributed by atoms with van der Waals surface area (Å²) in [4.78, 5) is 23.1. The van der Waals surface area contributed by atoms with E-state index in [9.17, 15) is 9.90 Å². The molecule has 1 unspecified atom stereocenters. The van der Waals surface area contributed by atoms with Crippen LogP contribution in [0.2, 0.25) is 0 Å². The fourth-order valence-electron chi connectivity index (χ4n) is 2.54. The van der Waals surface area contributed by atoms with Crippen molar-refractivity contribution in [2.75, 3.05) is 18.5 Å². The number of nitrogens with one attached hydrogen (secondary N) is 2. The van der Waals surface area contributed by atoms with Crippen LogP contribution in [-0.2, 0) is 4.74 Å². The van der Waals surface area contributed by atoms with Gasteiger partial charge in [-0.15, -0.1) is 0 Å². The zero-order chi connectivity index (χ0) is 15.0. The van der Waals surface area contributed by atoms with E-state index < -0.39 is 18.4 Å². The molecule has 1 saturated heterocycles. The highest BCUT2D eigenvalue weighted by Gasteiger charge is 2.36. The molecule has 4 N–H and O–H groups in total. The molecule has 21 heavy (non-hydrogen) atoms. The van der Waals surface area contributed by atoms with E-state index in [1.807, 2.05) is 6.92 Å². The predicted molar refractivity (Wildman–Crippen MR) is 73.9 cm³/mol. The van der Waals surface area contributed by atoms with Gasteiger partial charge in [-0.1, -0.05) is 0 Å². The molecule has 0 spiro atoms. The number of ether oxygens (including phenoxy) is 1. The third-order valence-corrected chi connectivity index (χ3v) is 3.52. The van der Waals surface area contributed by atoms with E-state index in [1.54, 1.807) is 0 Å². The molecule has 1 fully saturated rings. The number of hydrogen-bond donors (Lipinski definition) is 4. The van der Waals surface area contributed by atoms with E-state index in [4.69, 9.17) is 9.84 Å². The molecule has 0 amide bonds. The summed E-state index contributed by atoms with van der Waals surface area (Å²) in [6, 6.07) is 0. The van der Waals surface area contributed by atoms with Crippen LogP contribution in [0.15, 0.2) is 11.1 Å². The molecule has 9 nitrogen and oxygen atoms in total. The predicted octanol–water partition coefficient (Wildman–Crippen LogP) is -0.808. The van der Waals surface area contributed by atoms with Gasteiger partial charge in [0.15, 0.2) is 11.5 Å². The Kier molecular flexibility index (Phi) is 3.62. The van der Waals surface area contributed by atoms with E-state index in [0.717, 1.165) is 0 Å². The van der Waals surface area contributed by atoms with Crippen molar-refractivity contribution >= 4 is 17.0 Å². The molecule has 3 heterocycles. The van der Waals surface area contributed by atoms with Gasteiger partial charge < -0.3 is 25.3 Å². The molecule has 1 aliphatic rings. The number of H-pyrrole nitrogens is 1. The van der Waals surface area contributed by atoms with Gasteiger partial charge >= 0.3 is 5.69 Å². The molecule has 0 aliphatic carbocycles. The first-order valence-corrected chi connectivity index (χ1v) is 6.79. The van der Waals surface area contributed by atoms with Crippen LogP contribution in [0.1, 0.15) is 19.6 Å². The summed E-state index contributed by atoms with van der Waals surface area (Å²) in [6.07, 6.45) is -0.589. The van der Waals surface area contributed by atoms with E-state index in [0.29, 0.717) is 23.5 Å². The lowest BCUT2D eigenvalue weighted by Gasteiger charge is -2.13. The molecule has 9 heteroatoms. The minimum absolute atomic E-state index is 0.221. The van der Waals surface area contributed by atoms with Crippen molar-refractivity contribution in [3.63, 3.8) is 0 Å². The van der Waals surface area contributed by atoms with Crippen LogP contribution in [0.5, 0.6) is 0 Å². The van der Waals surface area contributed by atoms with E-state index in [1.165, 1.54) is 10.9 Å². The molecular formula is C12H17N5O4. The minimum Gasteiger partial charge on any atom is -0.394 e. The molecule has 0 aromatic carbocycles. The van der Waals surface area contributed by atoms with Gasteiger partial charge in [0.25, 0.3) is 0 Å². The monoisotopic (exact) mass is 295 g/mol. The minimum atomic E-state index is -0.813. The second-order valence-corrected chi connectivity index (χ2v) is 4.87. The summed E-state index contributed by atoms with van der Waals surface area (Å²) in [5.74, 6) is 0.538. The fourth-order valence-corrected chi connectivity index (χ4v) is 2.54. The number of hydrogen-bond acceptors (Lipinski definition) is 7. The molecule has 2 aromatic rings. The first-order chi connectivity index (χ1) is 10.2. The average molecular weight is 295 g/mol. The molecule has 0 saturated carbocycles. The highest BCUT2D eigenvalue weighted by Crippen LogP contribution is 2.30. The van der Waals surface area contributed by atoms with E-state index in [-0.39, 0.29) is 18.7 Å². The zero-order valence-electron chi connectivity index (χ0n) is 11.5. The lowest BCUT2D eigenvalue weighted by molar-refractivity contribution is -0.0441. The molecule has 3 atom stereocenters. The van der Waals surface area contributed by atoms with Crippen molar-refractivity contribution in [1.29, 1.82) is 0 Å². The van der Waals surface area contributed by atoms with Crippen molar-refractivity contribution in [1.82, 2.24) is 19.5 Å². The SMILES string of the molecule is CCNc1ncnc2c1[nH]c(=O)n2[C@H]1CC(O)[C@@H](CO)O1. The number of aromatic nitrogens is 4. The quantitative estimate of drug-likeness (QED) is 0.581. The lowest BCUT2D eigenvalue weighted by atomic mass is 10.2. The molecule has 1 aliphatic heterocycles. The van der Waals surface area contributed by atoms with Crippen LogP contribution in [0.4, 0.5) is 5.82 Å². The number of nitrogens with zero attached hydrogens (tertiary/aromatic N) is 3. The van der Waals surface area contributed by atoms with Crippen LogP contribution in [0.3, 0.4) is 0 Å². The maximum absolute atomic E-state index is 12.2. The zero-order valence-corrected chi connectivity index (χ0v) is 11.5. The second kappa shape index (κ2) is 5.43. The van der Waals surface area contributed by atoms with Crippen molar-refractivity contribution in [3.8, 4) is 0 Å². The molecule has 2 aromatic heterocycles. The van der Waals surface area contributed by atoms with Gasteiger partial charge in [-0.05, 0) is 6.92 Å². The van der Waals surface area contributed by atoms with Gasteiger partial charge in [0, 0.05) is 13.0 Å². The van der Waals surface area contributed by atoms with Crippen LogP contribution < -0.4 is 11.0 Å². The van der Waals surface area contributed by atoms with Crippen molar-refractivity contribution < 1.29 is 14.9 Å². The number of imidazole rings is 1. The summed E-state index contributed by atoms with van der Waals surface area (Å²) < 4.78 is 6.86. The maximum atomic E-state index is 12.2. The number of anilines is 1. The van der Waals surface area contributed by atoms with E-state index >= 15 is 0 Å². The van der Waals surface area contributed by atoms with Crippen molar-refractivity contribution in [2.45, 2.75) is 31.8 Å². The number of aliphatic hydroxyl groups excluding tert-OH is 2. The summed E-state index contributed by atoms with van der Waals surface area (Å²) in [5, 5.41) is 22.0. The Hall–Kier alpha value is -1.97. The normalized spacial score (nSPS) is 25.6.